The number of carbonyl (C=O) groups excluding carboxylic acids is 3. The van der Waals surface area contributed by atoms with E-state index in [1.165, 1.54) is 141 Å². The number of hydrogen-bond donors (Lipinski definition) is 0. The van der Waals surface area contributed by atoms with Crippen LogP contribution in [0.2, 0.25) is 0 Å². The first kappa shape index (κ1) is 71.3. The molecule has 0 aliphatic carbocycles. The SMILES string of the molecule is CC/C=C\C/C=C\C/C=C\C/C=C\C/C=C\CCCCCC(=O)OC(COC(=O)CCCCC/C=C\C/C=C\C/C=C\CC)COC(=O)CCCCCCCCCCCCCCCCCCCCCCCCCCC. The summed E-state index contributed by atoms with van der Waals surface area (Å²) in [5, 5.41) is 0. The molecule has 0 saturated carbocycles. The molecular weight excluding hydrogens is 925 g/mol. The largest absolute Gasteiger partial charge is 0.462 e. The zero-order valence-electron chi connectivity index (χ0n) is 49.3. The van der Waals surface area contributed by atoms with Gasteiger partial charge in [0.2, 0.25) is 0 Å². The maximum atomic E-state index is 12.9. The Labute approximate surface area is 464 Å². The normalized spacial score (nSPS) is 12.7. The van der Waals surface area contributed by atoms with Gasteiger partial charge in [-0.1, -0.05) is 285 Å². The van der Waals surface area contributed by atoms with Crippen LogP contribution in [-0.2, 0) is 28.6 Å². The summed E-state index contributed by atoms with van der Waals surface area (Å²) in [4.78, 5) is 38.2. The fourth-order valence-corrected chi connectivity index (χ4v) is 8.90. The molecule has 0 aromatic heterocycles. The van der Waals surface area contributed by atoms with Gasteiger partial charge in [-0.3, -0.25) is 14.4 Å². The monoisotopic (exact) mass is 1040 g/mol. The number of allylic oxidation sites excluding steroid dienone is 16. The minimum atomic E-state index is -0.808. The van der Waals surface area contributed by atoms with Crippen LogP contribution in [0.15, 0.2) is 97.2 Å². The van der Waals surface area contributed by atoms with Crippen molar-refractivity contribution in [3.8, 4) is 0 Å². The van der Waals surface area contributed by atoms with Crippen molar-refractivity contribution in [3.63, 3.8) is 0 Å². The van der Waals surface area contributed by atoms with Crippen molar-refractivity contribution in [2.75, 3.05) is 13.2 Å². The van der Waals surface area contributed by atoms with E-state index in [-0.39, 0.29) is 37.5 Å². The van der Waals surface area contributed by atoms with Crippen molar-refractivity contribution in [3.05, 3.63) is 97.2 Å². The van der Waals surface area contributed by atoms with E-state index in [9.17, 15) is 14.4 Å². The molecule has 6 nitrogen and oxygen atoms in total. The number of rotatable bonds is 57. The molecule has 0 rings (SSSR count). The Morgan fingerprint density at radius 1 is 0.280 bits per heavy atom. The van der Waals surface area contributed by atoms with Gasteiger partial charge in [-0.2, -0.15) is 0 Å². The zero-order chi connectivity index (χ0) is 54.3. The van der Waals surface area contributed by atoms with Crippen LogP contribution in [0.1, 0.15) is 303 Å². The summed E-state index contributed by atoms with van der Waals surface area (Å²) in [6.07, 6.45) is 84.3. The van der Waals surface area contributed by atoms with Crippen LogP contribution in [0.4, 0.5) is 0 Å². The van der Waals surface area contributed by atoms with Crippen molar-refractivity contribution < 1.29 is 28.6 Å². The van der Waals surface area contributed by atoms with Gasteiger partial charge in [0, 0.05) is 19.3 Å². The molecule has 0 saturated heterocycles. The van der Waals surface area contributed by atoms with Crippen LogP contribution in [-0.4, -0.2) is 37.2 Å². The van der Waals surface area contributed by atoms with Gasteiger partial charge in [-0.15, -0.1) is 0 Å². The van der Waals surface area contributed by atoms with Crippen LogP contribution in [0.5, 0.6) is 0 Å². The van der Waals surface area contributed by atoms with Crippen LogP contribution in [0, 0.1) is 0 Å². The maximum absolute atomic E-state index is 12.9. The van der Waals surface area contributed by atoms with Gasteiger partial charge in [0.05, 0.1) is 0 Å². The van der Waals surface area contributed by atoms with E-state index in [1.54, 1.807) is 0 Å². The highest BCUT2D eigenvalue weighted by atomic mass is 16.6. The second-order valence-corrected chi connectivity index (χ2v) is 20.9. The van der Waals surface area contributed by atoms with Crippen molar-refractivity contribution in [2.24, 2.45) is 0 Å². The summed E-state index contributed by atoms with van der Waals surface area (Å²) in [7, 11) is 0. The predicted molar refractivity (Wildman–Crippen MR) is 325 cm³/mol. The molecule has 0 radical (unpaired) electrons. The number of hydrogen-bond acceptors (Lipinski definition) is 6. The molecule has 1 unspecified atom stereocenters. The lowest BCUT2D eigenvalue weighted by Gasteiger charge is -2.18. The van der Waals surface area contributed by atoms with E-state index in [1.807, 2.05) is 0 Å². The molecule has 0 N–H and O–H groups in total. The summed E-state index contributed by atoms with van der Waals surface area (Å²) in [5.74, 6) is -0.953. The van der Waals surface area contributed by atoms with E-state index in [4.69, 9.17) is 14.2 Å². The van der Waals surface area contributed by atoms with E-state index in [0.717, 1.165) is 122 Å². The number of carbonyl (C=O) groups is 3. The second kappa shape index (κ2) is 62.9. The number of unbranched alkanes of at least 4 members (excludes halogenated alkanes) is 30. The standard InChI is InChI=1S/C69H118O6/c1-4-7-10-13-16-19-22-25-27-29-31-32-33-34-35-36-38-39-41-44-47-50-53-56-59-62-68(71)74-65-66(64-73-67(70)61-58-55-52-49-46-43-24-21-18-15-12-9-6-3)75-69(72)63-60-57-54-51-48-45-42-40-37-30-28-26-23-20-17-14-11-8-5-2/h8-9,11-12,17-18,20-21,26,28,37,40,43,45-46,48,66H,4-7,10,13-16,19,22-25,27,29-36,38-39,41-42,44,47,49-65H2,1-3H3/b11-8-,12-9-,20-17-,21-18-,28-26-,40-37-,46-43-,48-45-. The molecule has 0 aliphatic rings. The molecule has 0 aromatic rings. The first-order valence-corrected chi connectivity index (χ1v) is 31.7. The van der Waals surface area contributed by atoms with Crippen LogP contribution in [0.25, 0.3) is 0 Å². The first-order valence-electron chi connectivity index (χ1n) is 31.7. The average molecular weight is 1040 g/mol. The van der Waals surface area contributed by atoms with Gasteiger partial charge in [0.1, 0.15) is 13.2 Å². The minimum absolute atomic E-state index is 0.0989. The first-order chi connectivity index (χ1) is 37.0. The summed E-state index contributed by atoms with van der Waals surface area (Å²) in [5.41, 5.74) is 0. The van der Waals surface area contributed by atoms with E-state index in [0.29, 0.717) is 12.8 Å². The Kier molecular flexibility index (Phi) is 59.8. The smallest absolute Gasteiger partial charge is 0.306 e. The molecule has 0 heterocycles. The molecule has 0 amide bonds. The molecule has 0 aliphatic heterocycles. The molecule has 0 spiro atoms. The molecule has 1 atom stereocenters. The third-order valence-corrected chi connectivity index (χ3v) is 13.6. The highest BCUT2D eigenvalue weighted by molar-refractivity contribution is 5.71. The Bertz CT molecular complexity index is 1480. The quantitative estimate of drug-likeness (QED) is 0.0261. The lowest BCUT2D eigenvalue weighted by atomic mass is 10.0. The fraction of sp³-hybridized carbons (Fsp3) is 0.725. The van der Waals surface area contributed by atoms with E-state index < -0.39 is 6.10 Å². The highest BCUT2D eigenvalue weighted by Gasteiger charge is 2.19. The highest BCUT2D eigenvalue weighted by Crippen LogP contribution is 2.17. The topological polar surface area (TPSA) is 78.9 Å². The fourth-order valence-electron chi connectivity index (χ4n) is 8.90. The van der Waals surface area contributed by atoms with Gasteiger partial charge in [-0.05, 0) is 96.3 Å². The van der Waals surface area contributed by atoms with Crippen molar-refractivity contribution in [1.29, 1.82) is 0 Å². The van der Waals surface area contributed by atoms with Gasteiger partial charge in [0.25, 0.3) is 0 Å². The Balaban J connectivity index is 4.34. The molecular formula is C69H118O6. The van der Waals surface area contributed by atoms with Crippen molar-refractivity contribution in [1.82, 2.24) is 0 Å². The lowest BCUT2D eigenvalue weighted by molar-refractivity contribution is -0.167. The Hall–Kier alpha value is -3.67. The summed E-state index contributed by atoms with van der Waals surface area (Å²) >= 11 is 0. The number of ether oxygens (including phenoxy) is 3. The number of esters is 3. The van der Waals surface area contributed by atoms with Crippen LogP contribution < -0.4 is 0 Å². The second-order valence-electron chi connectivity index (χ2n) is 20.9. The third-order valence-electron chi connectivity index (χ3n) is 13.6. The minimum Gasteiger partial charge on any atom is -0.462 e. The summed E-state index contributed by atoms with van der Waals surface area (Å²) in [6, 6.07) is 0. The Morgan fingerprint density at radius 2 is 0.520 bits per heavy atom. The van der Waals surface area contributed by atoms with E-state index >= 15 is 0 Å². The summed E-state index contributed by atoms with van der Waals surface area (Å²) in [6.45, 7) is 6.39. The maximum Gasteiger partial charge on any atom is 0.306 e. The van der Waals surface area contributed by atoms with Gasteiger partial charge < -0.3 is 14.2 Å². The van der Waals surface area contributed by atoms with Crippen molar-refractivity contribution >= 4 is 17.9 Å². The van der Waals surface area contributed by atoms with Gasteiger partial charge in [-0.25, -0.2) is 0 Å². The molecule has 75 heavy (non-hydrogen) atoms. The van der Waals surface area contributed by atoms with Gasteiger partial charge >= 0.3 is 17.9 Å². The summed E-state index contributed by atoms with van der Waals surface area (Å²) < 4.78 is 16.9. The Morgan fingerprint density at radius 3 is 0.813 bits per heavy atom. The molecule has 430 valence electrons. The van der Waals surface area contributed by atoms with Crippen LogP contribution in [0.3, 0.4) is 0 Å². The molecule has 0 aromatic carbocycles. The predicted octanol–water partition coefficient (Wildman–Crippen LogP) is 21.7. The molecule has 0 fully saturated rings. The van der Waals surface area contributed by atoms with Gasteiger partial charge in [0.15, 0.2) is 6.10 Å². The average Bonchev–Trinajstić information content (AvgIpc) is 3.41. The zero-order valence-corrected chi connectivity index (χ0v) is 49.3. The third kappa shape index (κ3) is 61.1. The molecule has 6 heteroatoms. The van der Waals surface area contributed by atoms with E-state index in [2.05, 4.69) is 118 Å². The van der Waals surface area contributed by atoms with Crippen LogP contribution >= 0.6 is 0 Å². The van der Waals surface area contributed by atoms with Crippen molar-refractivity contribution in [2.45, 2.75) is 309 Å². The lowest BCUT2D eigenvalue weighted by Crippen LogP contribution is -2.30. The molecule has 0 bridgehead atoms.